The minimum Gasteiger partial charge on any atom is -0.490 e. The quantitative estimate of drug-likeness (QED) is 0.309. The van der Waals surface area contributed by atoms with Crippen LogP contribution >= 0.6 is 0 Å². The second kappa shape index (κ2) is 10.2. The van der Waals surface area contributed by atoms with Gasteiger partial charge in [-0.1, -0.05) is 0 Å². The van der Waals surface area contributed by atoms with Gasteiger partial charge in [0.15, 0.2) is 0 Å². The Kier molecular flexibility index (Phi) is 6.87. The van der Waals surface area contributed by atoms with E-state index >= 15 is 0 Å². The Bertz CT molecular complexity index is 1600. The van der Waals surface area contributed by atoms with Gasteiger partial charge in [-0.3, -0.25) is 9.59 Å². The van der Waals surface area contributed by atoms with Crippen molar-refractivity contribution in [2.45, 2.75) is 61.8 Å². The molecule has 6 rings (SSSR count). The van der Waals surface area contributed by atoms with E-state index in [4.69, 9.17) is 15.2 Å². The summed E-state index contributed by atoms with van der Waals surface area (Å²) >= 11 is 0. The molecule has 43 heavy (non-hydrogen) atoms. The number of ether oxygens (including phenoxy) is 2. The zero-order valence-electron chi connectivity index (χ0n) is 23.1. The van der Waals surface area contributed by atoms with E-state index in [0.717, 1.165) is 49.4 Å². The number of benzene rings is 2. The summed E-state index contributed by atoms with van der Waals surface area (Å²) in [4.78, 5) is 29.6. The maximum absolute atomic E-state index is 14.7. The van der Waals surface area contributed by atoms with E-state index in [1.165, 1.54) is 25.1 Å². The third-order valence-corrected chi connectivity index (χ3v) is 8.24. The first-order valence-electron chi connectivity index (χ1n) is 13.9. The Balaban J connectivity index is 1.36. The maximum atomic E-state index is 14.7. The number of nitrogens with two attached hydrogens (primary N) is 1. The van der Waals surface area contributed by atoms with Crippen molar-refractivity contribution in [2.75, 3.05) is 13.2 Å². The number of fused-ring (bicyclic) bond motifs is 1. The van der Waals surface area contributed by atoms with Crippen LogP contribution in [0.4, 0.5) is 17.6 Å². The van der Waals surface area contributed by atoms with Gasteiger partial charge in [0.05, 0.1) is 18.3 Å². The molecule has 4 N–H and O–H groups in total. The lowest BCUT2D eigenvalue weighted by atomic mass is 9.81. The Labute approximate surface area is 244 Å². The molecule has 1 aliphatic heterocycles. The van der Waals surface area contributed by atoms with Crippen molar-refractivity contribution in [2.24, 2.45) is 5.73 Å². The number of alkyl halides is 3. The third kappa shape index (κ3) is 5.28. The van der Waals surface area contributed by atoms with Crippen LogP contribution in [-0.4, -0.2) is 47.3 Å². The highest BCUT2D eigenvalue weighted by atomic mass is 19.4. The second-order valence-electron chi connectivity index (χ2n) is 11.6. The van der Waals surface area contributed by atoms with Gasteiger partial charge < -0.3 is 25.6 Å². The Morgan fingerprint density at radius 1 is 1.12 bits per heavy atom. The van der Waals surface area contributed by atoms with Crippen LogP contribution in [0, 0.1) is 5.82 Å². The maximum Gasteiger partial charge on any atom is 0.424 e. The van der Waals surface area contributed by atoms with E-state index in [-0.39, 0.29) is 46.8 Å². The van der Waals surface area contributed by atoms with Gasteiger partial charge in [0.25, 0.3) is 5.91 Å². The fourth-order valence-electron chi connectivity index (χ4n) is 5.12. The Morgan fingerprint density at radius 3 is 2.42 bits per heavy atom. The molecule has 1 aromatic heterocycles. The van der Waals surface area contributed by atoms with Crippen molar-refractivity contribution in [3.05, 3.63) is 76.7 Å². The smallest absolute Gasteiger partial charge is 0.424 e. The number of hydrogen-bond acceptors (Lipinski definition) is 6. The molecule has 0 radical (unpaired) electrons. The van der Waals surface area contributed by atoms with Crippen molar-refractivity contribution < 1.29 is 41.7 Å². The largest absolute Gasteiger partial charge is 0.490 e. The van der Waals surface area contributed by atoms with E-state index in [1.54, 1.807) is 12.1 Å². The van der Waals surface area contributed by atoms with Gasteiger partial charge in [0, 0.05) is 16.7 Å². The van der Waals surface area contributed by atoms with Crippen LogP contribution in [0.25, 0.3) is 11.3 Å². The summed E-state index contributed by atoms with van der Waals surface area (Å²) in [7, 11) is 0. The SMILES string of the molecule is C[C@]1(C(N)=O)COc2c1cc(C(O)(CNC(=O)c1ccc(OC3CC3)c(C3CC3)c1)C(F)(F)F)nc2-c1ccc(F)cc1. The molecule has 226 valence electrons. The van der Waals surface area contributed by atoms with Crippen molar-refractivity contribution >= 4 is 11.8 Å². The number of amides is 2. The number of nitrogens with zero attached hydrogens (tertiary/aromatic N) is 1. The van der Waals surface area contributed by atoms with Gasteiger partial charge in [0.1, 0.15) is 35.0 Å². The molecule has 0 bridgehead atoms. The van der Waals surface area contributed by atoms with E-state index in [0.29, 0.717) is 5.75 Å². The average Bonchev–Trinajstić information content (AvgIpc) is 3.91. The summed E-state index contributed by atoms with van der Waals surface area (Å²) in [6, 6.07) is 10.4. The lowest BCUT2D eigenvalue weighted by Crippen LogP contribution is -2.51. The Morgan fingerprint density at radius 2 is 1.81 bits per heavy atom. The molecule has 8 nitrogen and oxygen atoms in total. The molecule has 1 unspecified atom stereocenters. The molecule has 0 saturated heterocycles. The van der Waals surface area contributed by atoms with E-state index in [1.807, 2.05) is 0 Å². The van der Waals surface area contributed by atoms with Gasteiger partial charge in [-0.15, -0.1) is 0 Å². The molecular formula is C31H29F4N3O5. The van der Waals surface area contributed by atoms with Crippen LogP contribution in [0.1, 0.15) is 65.7 Å². The third-order valence-electron chi connectivity index (χ3n) is 8.24. The van der Waals surface area contributed by atoms with E-state index in [9.17, 15) is 32.3 Å². The predicted octanol–water partition coefficient (Wildman–Crippen LogP) is 4.62. The number of aromatic nitrogens is 1. The molecular weight excluding hydrogens is 570 g/mol. The molecule has 2 heterocycles. The van der Waals surface area contributed by atoms with Crippen molar-refractivity contribution in [3.63, 3.8) is 0 Å². The number of carbonyl (C=O) groups excluding carboxylic acids is 2. The second-order valence-corrected chi connectivity index (χ2v) is 11.6. The van der Waals surface area contributed by atoms with Gasteiger partial charge in [-0.25, -0.2) is 9.37 Å². The van der Waals surface area contributed by atoms with Gasteiger partial charge in [0.2, 0.25) is 11.5 Å². The summed E-state index contributed by atoms with van der Waals surface area (Å²) in [5, 5.41) is 13.5. The molecule has 0 spiro atoms. The molecule has 3 aliphatic rings. The number of halogens is 4. The topological polar surface area (TPSA) is 124 Å². The highest BCUT2D eigenvalue weighted by Gasteiger charge is 2.57. The van der Waals surface area contributed by atoms with Crippen molar-refractivity contribution in [1.29, 1.82) is 0 Å². The number of nitrogens with one attached hydrogen (secondary N) is 1. The summed E-state index contributed by atoms with van der Waals surface area (Å²) in [6.07, 6.45) is -1.42. The average molecular weight is 600 g/mol. The van der Waals surface area contributed by atoms with Gasteiger partial charge in [-0.2, -0.15) is 13.2 Å². The minimum atomic E-state index is -5.31. The van der Waals surface area contributed by atoms with Crippen LogP contribution in [0.5, 0.6) is 11.5 Å². The first-order chi connectivity index (χ1) is 20.3. The van der Waals surface area contributed by atoms with Crippen LogP contribution < -0.4 is 20.5 Å². The fraction of sp³-hybridized carbons (Fsp3) is 0.387. The van der Waals surface area contributed by atoms with E-state index < -0.39 is 47.1 Å². The molecule has 2 atom stereocenters. The number of primary amides is 1. The lowest BCUT2D eigenvalue weighted by molar-refractivity contribution is -0.265. The zero-order chi connectivity index (χ0) is 30.7. The van der Waals surface area contributed by atoms with Crippen molar-refractivity contribution in [3.8, 4) is 22.8 Å². The first-order valence-corrected chi connectivity index (χ1v) is 13.9. The molecule has 2 aliphatic carbocycles. The number of aliphatic hydroxyl groups is 1. The predicted molar refractivity (Wildman–Crippen MR) is 146 cm³/mol. The number of carbonyl (C=O) groups is 2. The molecule has 2 saturated carbocycles. The fourth-order valence-corrected chi connectivity index (χ4v) is 5.12. The van der Waals surface area contributed by atoms with Crippen LogP contribution in [0.3, 0.4) is 0 Å². The summed E-state index contributed by atoms with van der Waals surface area (Å²) in [5.74, 6) is -1.40. The monoisotopic (exact) mass is 599 g/mol. The molecule has 2 aromatic carbocycles. The zero-order valence-corrected chi connectivity index (χ0v) is 23.1. The summed E-state index contributed by atoms with van der Waals surface area (Å²) < 4.78 is 69.2. The van der Waals surface area contributed by atoms with E-state index in [2.05, 4.69) is 10.3 Å². The van der Waals surface area contributed by atoms with Gasteiger partial charge in [-0.05, 0) is 92.6 Å². The summed E-state index contributed by atoms with van der Waals surface area (Å²) in [6.45, 7) is -0.152. The minimum absolute atomic E-state index is 0.00803. The highest BCUT2D eigenvalue weighted by Crippen LogP contribution is 2.48. The molecule has 3 aromatic rings. The van der Waals surface area contributed by atoms with Crippen LogP contribution in [-0.2, 0) is 15.8 Å². The molecule has 2 amide bonds. The van der Waals surface area contributed by atoms with Gasteiger partial charge >= 0.3 is 6.18 Å². The highest BCUT2D eigenvalue weighted by molar-refractivity contribution is 5.95. The number of hydrogen-bond donors (Lipinski definition) is 3. The molecule has 12 heteroatoms. The number of rotatable bonds is 9. The van der Waals surface area contributed by atoms with Crippen molar-refractivity contribution in [1.82, 2.24) is 10.3 Å². The Hall–Kier alpha value is -4.19. The molecule has 2 fully saturated rings. The summed E-state index contributed by atoms with van der Waals surface area (Å²) in [5.41, 5.74) is 0.476. The number of pyridine rings is 1. The van der Waals surface area contributed by atoms with Crippen LogP contribution in [0.2, 0.25) is 0 Å². The van der Waals surface area contributed by atoms with Crippen LogP contribution in [0.15, 0.2) is 48.5 Å². The standard InChI is InChI=1S/C31H29F4N3O5/c1-29(28(36)40)15-42-26-22(29)13-24(38-25(26)17-4-7-19(32)8-5-17)30(41,31(33,34)35)14-37-27(39)18-6-11-23(43-20-9-10-20)21(12-18)16-2-3-16/h4-8,11-13,16,20,41H,2-3,9-10,14-15H2,1H3,(H2,36,40)(H,37,39)/t29-,30?/m0/s1. The first kappa shape index (κ1) is 28.9. The lowest BCUT2D eigenvalue weighted by Gasteiger charge is -2.31. The normalized spacial score (nSPS) is 21.0.